The minimum absolute atomic E-state index is 0.165. The lowest BCUT2D eigenvalue weighted by atomic mass is 10.2. The first-order chi connectivity index (χ1) is 7.88. The number of nitrogens with zero attached hydrogens (tertiary/aromatic N) is 1. The molecule has 17 heavy (non-hydrogen) atoms. The maximum absolute atomic E-state index is 12.0. The van der Waals surface area contributed by atoms with Crippen LogP contribution in [0, 0.1) is 0 Å². The Kier molecular flexibility index (Phi) is 4.74. The second kappa shape index (κ2) is 5.86. The molecule has 96 valence electrons. The molecule has 0 amide bonds. The topological polar surface area (TPSA) is 34.2 Å². The highest BCUT2D eigenvalue weighted by Crippen LogP contribution is 2.21. The molecule has 0 spiro atoms. The molecule has 1 heterocycles. The molecule has 0 aliphatic rings. The summed E-state index contributed by atoms with van der Waals surface area (Å²) in [6.45, 7) is 3.07. The van der Waals surface area contributed by atoms with Gasteiger partial charge in [-0.05, 0) is 6.07 Å². The largest absolute Gasteiger partial charge is 0.482 e. The second-order valence-corrected chi connectivity index (χ2v) is 3.92. The van der Waals surface area contributed by atoms with Gasteiger partial charge in [-0.3, -0.25) is 4.98 Å². The van der Waals surface area contributed by atoms with Crippen molar-refractivity contribution >= 4 is 0 Å². The van der Waals surface area contributed by atoms with Gasteiger partial charge in [-0.2, -0.15) is 13.2 Å². The Hall–Kier alpha value is -1.30. The van der Waals surface area contributed by atoms with E-state index in [9.17, 15) is 13.2 Å². The zero-order valence-corrected chi connectivity index (χ0v) is 9.71. The Bertz CT molecular complexity index is 353. The quantitative estimate of drug-likeness (QED) is 0.869. The molecular formula is C11H15F3N2O. The Labute approximate surface area is 98.0 Å². The zero-order valence-electron chi connectivity index (χ0n) is 9.71. The summed E-state index contributed by atoms with van der Waals surface area (Å²) in [6.07, 6.45) is -1.51. The third kappa shape index (κ3) is 5.53. The molecule has 0 unspecified atom stereocenters. The molecule has 0 aliphatic heterocycles. The third-order valence-corrected chi connectivity index (χ3v) is 1.96. The minimum atomic E-state index is -4.33. The highest BCUT2D eigenvalue weighted by molar-refractivity contribution is 5.29. The monoisotopic (exact) mass is 248 g/mol. The SMILES string of the molecule is CC(C)NCc1ccncc1OCC(F)(F)F. The van der Waals surface area contributed by atoms with Crippen molar-refractivity contribution in [2.45, 2.75) is 32.6 Å². The van der Waals surface area contributed by atoms with Crippen LogP contribution in [0.15, 0.2) is 18.5 Å². The Balaban J connectivity index is 2.64. The first-order valence-corrected chi connectivity index (χ1v) is 5.24. The predicted molar refractivity (Wildman–Crippen MR) is 57.8 cm³/mol. The van der Waals surface area contributed by atoms with Gasteiger partial charge in [0.2, 0.25) is 0 Å². The van der Waals surface area contributed by atoms with Gasteiger partial charge in [0, 0.05) is 24.3 Å². The van der Waals surface area contributed by atoms with Crippen LogP contribution >= 0.6 is 0 Å². The van der Waals surface area contributed by atoms with E-state index >= 15 is 0 Å². The lowest BCUT2D eigenvalue weighted by Gasteiger charge is -2.14. The molecule has 0 bridgehead atoms. The standard InChI is InChI=1S/C11H15F3N2O/c1-8(2)16-5-9-3-4-15-6-10(9)17-7-11(12,13)14/h3-4,6,8,16H,5,7H2,1-2H3. The van der Waals surface area contributed by atoms with E-state index < -0.39 is 12.8 Å². The molecule has 1 N–H and O–H groups in total. The molecule has 0 aromatic carbocycles. The highest BCUT2D eigenvalue weighted by atomic mass is 19.4. The first-order valence-electron chi connectivity index (χ1n) is 5.24. The molecule has 0 radical (unpaired) electrons. The Morgan fingerprint density at radius 1 is 1.41 bits per heavy atom. The Morgan fingerprint density at radius 2 is 2.12 bits per heavy atom. The number of hydrogen-bond acceptors (Lipinski definition) is 3. The van der Waals surface area contributed by atoms with Crippen molar-refractivity contribution in [3.05, 3.63) is 24.0 Å². The summed E-state index contributed by atoms with van der Waals surface area (Å²) in [6, 6.07) is 1.89. The van der Waals surface area contributed by atoms with Gasteiger partial charge in [-0.15, -0.1) is 0 Å². The van der Waals surface area contributed by atoms with E-state index in [-0.39, 0.29) is 11.8 Å². The van der Waals surface area contributed by atoms with E-state index in [4.69, 9.17) is 4.74 Å². The van der Waals surface area contributed by atoms with E-state index in [1.54, 1.807) is 6.07 Å². The molecule has 0 fully saturated rings. The lowest BCUT2D eigenvalue weighted by molar-refractivity contribution is -0.153. The van der Waals surface area contributed by atoms with Crippen molar-refractivity contribution in [3.8, 4) is 5.75 Å². The maximum Gasteiger partial charge on any atom is 0.422 e. The van der Waals surface area contributed by atoms with E-state index in [2.05, 4.69) is 10.3 Å². The average molecular weight is 248 g/mol. The van der Waals surface area contributed by atoms with Crippen molar-refractivity contribution < 1.29 is 17.9 Å². The predicted octanol–water partition coefficient (Wildman–Crippen LogP) is 2.52. The molecule has 0 saturated carbocycles. The molecular weight excluding hydrogens is 233 g/mol. The maximum atomic E-state index is 12.0. The zero-order chi connectivity index (χ0) is 12.9. The van der Waals surface area contributed by atoms with E-state index in [0.717, 1.165) is 0 Å². The van der Waals surface area contributed by atoms with Crippen LogP contribution < -0.4 is 10.1 Å². The number of pyridine rings is 1. The average Bonchev–Trinajstić information content (AvgIpc) is 2.23. The van der Waals surface area contributed by atoms with Crippen LogP contribution in [-0.4, -0.2) is 23.8 Å². The lowest BCUT2D eigenvalue weighted by Crippen LogP contribution is -2.23. The Morgan fingerprint density at radius 3 is 2.71 bits per heavy atom. The molecule has 1 aromatic rings. The summed E-state index contributed by atoms with van der Waals surface area (Å²) in [5.41, 5.74) is 0.665. The smallest absolute Gasteiger partial charge is 0.422 e. The summed E-state index contributed by atoms with van der Waals surface area (Å²) in [5.74, 6) is 0.165. The fraction of sp³-hybridized carbons (Fsp3) is 0.545. The van der Waals surface area contributed by atoms with Crippen LogP contribution in [0.2, 0.25) is 0 Å². The van der Waals surface area contributed by atoms with E-state index in [1.807, 2.05) is 13.8 Å². The van der Waals surface area contributed by atoms with E-state index in [1.165, 1.54) is 12.4 Å². The van der Waals surface area contributed by atoms with Crippen molar-refractivity contribution in [3.63, 3.8) is 0 Å². The normalized spacial score (nSPS) is 11.9. The summed E-state index contributed by atoms with van der Waals surface area (Å²) in [4.78, 5) is 3.75. The summed E-state index contributed by atoms with van der Waals surface area (Å²) in [7, 11) is 0. The molecule has 1 aromatic heterocycles. The second-order valence-electron chi connectivity index (χ2n) is 3.92. The van der Waals surface area contributed by atoms with Gasteiger partial charge >= 0.3 is 6.18 Å². The number of ether oxygens (including phenoxy) is 1. The van der Waals surface area contributed by atoms with Crippen LogP contribution in [0.3, 0.4) is 0 Å². The molecule has 0 atom stereocenters. The van der Waals surface area contributed by atoms with Gasteiger partial charge in [0.15, 0.2) is 6.61 Å². The number of rotatable bonds is 5. The van der Waals surface area contributed by atoms with Gasteiger partial charge < -0.3 is 10.1 Å². The van der Waals surface area contributed by atoms with Crippen molar-refractivity contribution in [2.75, 3.05) is 6.61 Å². The van der Waals surface area contributed by atoms with Gasteiger partial charge in [0.05, 0.1) is 6.20 Å². The van der Waals surface area contributed by atoms with Gasteiger partial charge in [0.25, 0.3) is 0 Å². The third-order valence-electron chi connectivity index (χ3n) is 1.96. The van der Waals surface area contributed by atoms with Crippen LogP contribution in [0.25, 0.3) is 0 Å². The first kappa shape index (κ1) is 13.8. The van der Waals surface area contributed by atoms with Gasteiger partial charge in [-0.25, -0.2) is 0 Å². The summed E-state index contributed by atoms with van der Waals surface area (Å²) < 4.78 is 40.8. The van der Waals surface area contributed by atoms with Crippen molar-refractivity contribution in [1.29, 1.82) is 0 Å². The fourth-order valence-corrected chi connectivity index (χ4v) is 1.16. The molecule has 0 aliphatic carbocycles. The molecule has 0 saturated heterocycles. The fourth-order valence-electron chi connectivity index (χ4n) is 1.16. The van der Waals surface area contributed by atoms with Crippen molar-refractivity contribution in [2.24, 2.45) is 0 Å². The van der Waals surface area contributed by atoms with Crippen LogP contribution in [-0.2, 0) is 6.54 Å². The number of aromatic nitrogens is 1. The summed E-state index contributed by atoms with van der Waals surface area (Å²) >= 11 is 0. The van der Waals surface area contributed by atoms with E-state index in [0.29, 0.717) is 12.1 Å². The van der Waals surface area contributed by atoms with Crippen LogP contribution in [0.5, 0.6) is 5.75 Å². The van der Waals surface area contributed by atoms with Crippen LogP contribution in [0.4, 0.5) is 13.2 Å². The summed E-state index contributed by atoms with van der Waals surface area (Å²) in [5, 5.41) is 3.11. The number of halogens is 3. The van der Waals surface area contributed by atoms with Gasteiger partial charge in [-0.1, -0.05) is 13.8 Å². The van der Waals surface area contributed by atoms with Crippen LogP contribution in [0.1, 0.15) is 19.4 Å². The molecule has 6 heteroatoms. The highest BCUT2D eigenvalue weighted by Gasteiger charge is 2.28. The number of nitrogens with one attached hydrogen (secondary N) is 1. The molecule has 1 rings (SSSR count). The molecule has 3 nitrogen and oxygen atoms in total. The van der Waals surface area contributed by atoms with Crippen molar-refractivity contribution in [1.82, 2.24) is 10.3 Å². The number of hydrogen-bond donors (Lipinski definition) is 1. The number of alkyl halides is 3. The minimum Gasteiger partial charge on any atom is -0.482 e. The van der Waals surface area contributed by atoms with Gasteiger partial charge in [0.1, 0.15) is 5.75 Å².